The monoisotopic (exact) mass is 342 g/mol. The maximum Gasteiger partial charge on any atom is 0.273 e. The summed E-state index contributed by atoms with van der Waals surface area (Å²) in [5, 5.41) is 3.09. The molecule has 0 atom stereocenters. The largest absolute Gasteiger partial charge is 0.375 e. The van der Waals surface area contributed by atoms with Gasteiger partial charge < -0.3 is 19.7 Å². The van der Waals surface area contributed by atoms with Gasteiger partial charge in [0, 0.05) is 58.7 Å². The summed E-state index contributed by atoms with van der Waals surface area (Å²) < 4.78 is 1.97. The highest BCUT2D eigenvalue weighted by Crippen LogP contribution is 2.12. The number of hydrogen-bond donors (Lipinski definition) is 1. The first-order valence-electron chi connectivity index (χ1n) is 8.24. The van der Waals surface area contributed by atoms with Crippen molar-refractivity contribution in [1.29, 1.82) is 0 Å². The van der Waals surface area contributed by atoms with Crippen LogP contribution in [0.3, 0.4) is 0 Å². The fourth-order valence-corrected chi connectivity index (χ4v) is 2.76. The van der Waals surface area contributed by atoms with E-state index in [2.05, 4.69) is 15.3 Å². The summed E-state index contributed by atoms with van der Waals surface area (Å²) in [5.41, 5.74) is 1.28. The molecular formula is C17H22N6O2. The van der Waals surface area contributed by atoms with E-state index in [0.29, 0.717) is 31.7 Å². The molecule has 2 aromatic heterocycles. The molecule has 8 nitrogen and oxygen atoms in total. The molecule has 0 bridgehead atoms. The third-order valence-electron chi connectivity index (χ3n) is 4.16. The van der Waals surface area contributed by atoms with E-state index in [1.165, 1.54) is 4.90 Å². The number of pyridine rings is 1. The highest BCUT2D eigenvalue weighted by molar-refractivity contribution is 5.91. The van der Waals surface area contributed by atoms with Crippen molar-refractivity contribution in [1.82, 2.24) is 24.3 Å². The molecule has 0 saturated heterocycles. The van der Waals surface area contributed by atoms with Crippen LogP contribution >= 0.6 is 0 Å². The Kier molecular flexibility index (Phi) is 4.97. The molecule has 0 aliphatic carbocycles. The summed E-state index contributed by atoms with van der Waals surface area (Å²) in [6.45, 7) is 2.08. The minimum atomic E-state index is -0.103. The number of nitrogens with one attached hydrogen (secondary N) is 1. The first-order chi connectivity index (χ1) is 12.0. The lowest BCUT2D eigenvalue weighted by Gasteiger charge is -2.20. The van der Waals surface area contributed by atoms with E-state index in [1.54, 1.807) is 32.7 Å². The predicted octanol–water partition coefficient (Wildman–Crippen LogP) is 0.477. The van der Waals surface area contributed by atoms with Gasteiger partial charge in [-0.1, -0.05) is 0 Å². The zero-order chi connectivity index (χ0) is 17.8. The molecule has 1 N–H and O–H groups in total. The van der Waals surface area contributed by atoms with Crippen LogP contribution in [0.1, 0.15) is 16.3 Å². The number of nitrogens with zero attached hydrogens (tertiary/aromatic N) is 5. The van der Waals surface area contributed by atoms with Crippen LogP contribution in [0.4, 0.5) is 5.69 Å². The average Bonchev–Trinajstić information content (AvgIpc) is 2.92. The molecule has 0 saturated carbocycles. The lowest BCUT2D eigenvalue weighted by atomic mass is 10.3. The second-order valence-electron chi connectivity index (χ2n) is 6.16. The van der Waals surface area contributed by atoms with Crippen LogP contribution in [0, 0.1) is 0 Å². The van der Waals surface area contributed by atoms with Crippen molar-refractivity contribution in [2.45, 2.75) is 13.0 Å². The van der Waals surface area contributed by atoms with Crippen LogP contribution in [0.15, 0.2) is 30.7 Å². The van der Waals surface area contributed by atoms with Crippen LogP contribution in [-0.2, 0) is 17.8 Å². The fraction of sp³-hybridized carbons (Fsp3) is 0.412. The molecule has 132 valence electrons. The summed E-state index contributed by atoms with van der Waals surface area (Å²) in [6.07, 6.45) is 5.80. The van der Waals surface area contributed by atoms with E-state index in [0.717, 1.165) is 11.5 Å². The number of carbonyl (C=O) groups excluding carboxylic acids is 2. The van der Waals surface area contributed by atoms with Crippen molar-refractivity contribution < 1.29 is 9.59 Å². The van der Waals surface area contributed by atoms with Crippen LogP contribution in [0.5, 0.6) is 0 Å². The van der Waals surface area contributed by atoms with Crippen molar-refractivity contribution in [3.8, 4) is 0 Å². The first kappa shape index (κ1) is 16.9. The second kappa shape index (κ2) is 7.33. The maximum absolute atomic E-state index is 12.4. The van der Waals surface area contributed by atoms with Gasteiger partial charge in [0.1, 0.15) is 11.5 Å². The summed E-state index contributed by atoms with van der Waals surface area (Å²) in [5.74, 6) is 0.786. The molecule has 3 rings (SSSR count). The van der Waals surface area contributed by atoms with E-state index < -0.39 is 0 Å². The highest BCUT2D eigenvalue weighted by atomic mass is 16.2. The van der Waals surface area contributed by atoms with Crippen LogP contribution in [0.2, 0.25) is 0 Å². The molecule has 0 fully saturated rings. The van der Waals surface area contributed by atoms with Crippen molar-refractivity contribution in [3.05, 3.63) is 42.2 Å². The lowest BCUT2D eigenvalue weighted by molar-refractivity contribution is -0.129. The van der Waals surface area contributed by atoms with Crippen LogP contribution in [-0.4, -0.2) is 69.9 Å². The molecule has 1 aliphatic heterocycles. The van der Waals surface area contributed by atoms with Gasteiger partial charge in [-0.25, -0.2) is 4.98 Å². The normalized spacial score (nSPS) is 13.8. The third-order valence-corrected chi connectivity index (χ3v) is 4.16. The first-order valence-corrected chi connectivity index (χ1v) is 8.24. The third kappa shape index (κ3) is 3.96. The summed E-state index contributed by atoms with van der Waals surface area (Å²) in [6, 6.07) is 3.70. The summed E-state index contributed by atoms with van der Waals surface area (Å²) >= 11 is 0. The molecule has 0 aromatic carbocycles. The van der Waals surface area contributed by atoms with Gasteiger partial charge in [0.2, 0.25) is 5.91 Å². The topological polar surface area (TPSA) is 83.4 Å². The Labute approximate surface area is 146 Å². The number of anilines is 1. The minimum Gasteiger partial charge on any atom is -0.375 e. The molecule has 8 heteroatoms. The molecule has 2 aromatic rings. The zero-order valence-electron chi connectivity index (χ0n) is 14.5. The Morgan fingerprint density at radius 2 is 2.12 bits per heavy atom. The SMILES string of the molecule is CN(C)C(=O)c1cn2c(n1)CCN(C(=O)CNc1cccnc1)CC2. The Morgan fingerprint density at radius 1 is 1.28 bits per heavy atom. The summed E-state index contributed by atoms with van der Waals surface area (Å²) in [4.78, 5) is 36.2. The second-order valence-corrected chi connectivity index (χ2v) is 6.16. The Morgan fingerprint density at radius 3 is 2.84 bits per heavy atom. The summed E-state index contributed by atoms with van der Waals surface area (Å²) in [7, 11) is 3.42. The van der Waals surface area contributed by atoms with Crippen molar-refractivity contribution in [2.75, 3.05) is 39.0 Å². The molecular weight excluding hydrogens is 320 g/mol. The number of rotatable bonds is 4. The number of carbonyl (C=O) groups is 2. The Bertz CT molecular complexity index is 730. The minimum absolute atomic E-state index is 0.0409. The van der Waals surface area contributed by atoms with E-state index >= 15 is 0 Å². The van der Waals surface area contributed by atoms with Gasteiger partial charge in [0.25, 0.3) is 5.91 Å². The standard InChI is InChI=1S/C17H22N6O2/c1-21(2)17(25)14-12-23-9-8-22(7-5-15(23)20-14)16(24)11-19-13-4-3-6-18-10-13/h3-4,6,10,12,19H,5,7-9,11H2,1-2H3. The van der Waals surface area contributed by atoms with E-state index in [1.807, 2.05) is 21.6 Å². The fourth-order valence-electron chi connectivity index (χ4n) is 2.76. The number of imidazole rings is 1. The average molecular weight is 342 g/mol. The number of amides is 2. The lowest BCUT2D eigenvalue weighted by Crippen LogP contribution is -2.37. The highest BCUT2D eigenvalue weighted by Gasteiger charge is 2.22. The molecule has 0 radical (unpaired) electrons. The molecule has 2 amide bonds. The van der Waals surface area contributed by atoms with Crippen molar-refractivity contribution in [2.24, 2.45) is 0 Å². The van der Waals surface area contributed by atoms with Gasteiger partial charge >= 0.3 is 0 Å². The van der Waals surface area contributed by atoms with Crippen LogP contribution < -0.4 is 5.32 Å². The van der Waals surface area contributed by atoms with Gasteiger partial charge in [0.15, 0.2) is 0 Å². The zero-order valence-corrected chi connectivity index (χ0v) is 14.5. The predicted molar refractivity (Wildman–Crippen MR) is 93.3 cm³/mol. The molecule has 0 spiro atoms. The van der Waals surface area contributed by atoms with Gasteiger partial charge in [-0.3, -0.25) is 14.6 Å². The van der Waals surface area contributed by atoms with Gasteiger partial charge in [-0.2, -0.15) is 0 Å². The van der Waals surface area contributed by atoms with Crippen molar-refractivity contribution in [3.63, 3.8) is 0 Å². The van der Waals surface area contributed by atoms with E-state index in [4.69, 9.17) is 0 Å². The van der Waals surface area contributed by atoms with Crippen molar-refractivity contribution >= 4 is 17.5 Å². The van der Waals surface area contributed by atoms with E-state index in [9.17, 15) is 9.59 Å². The van der Waals surface area contributed by atoms with Gasteiger partial charge in [-0.05, 0) is 12.1 Å². The molecule has 0 unspecified atom stereocenters. The van der Waals surface area contributed by atoms with Gasteiger partial charge in [0.05, 0.1) is 12.2 Å². The van der Waals surface area contributed by atoms with Crippen LogP contribution in [0.25, 0.3) is 0 Å². The van der Waals surface area contributed by atoms with E-state index in [-0.39, 0.29) is 18.4 Å². The number of hydrogen-bond acceptors (Lipinski definition) is 5. The molecule has 25 heavy (non-hydrogen) atoms. The smallest absolute Gasteiger partial charge is 0.273 e. The molecule has 1 aliphatic rings. The Hall–Kier alpha value is -2.90. The number of aromatic nitrogens is 3. The molecule has 3 heterocycles. The quantitative estimate of drug-likeness (QED) is 0.874. The number of fused-ring (bicyclic) bond motifs is 1. The van der Waals surface area contributed by atoms with Gasteiger partial charge in [-0.15, -0.1) is 0 Å². The Balaban J connectivity index is 1.58. The maximum atomic E-state index is 12.4.